The minimum absolute atomic E-state index is 0.207. The summed E-state index contributed by atoms with van der Waals surface area (Å²) in [6.45, 7) is 3.20. The molecule has 1 N–H and O–H groups in total. The number of carboxylic acid groups (broad SMARTS) is 1. The highest BCUT2D eigenvalue weighted by Crippen LogP contribution is 2.21. The standard InChI is InChI=1S/C13H22N2O3/c16-12(14-8-3-9-14)10-15-7-2-1-4-11(15)5-6-13(17)18/h11H,1-10H2,(H,17,18). The molecule has 0 aromatic carbocycles. The van der Waals surface area contributed by atoms with Gasteiger partial charge in [0.1, 0.15) is 0 Å². The van der Waals surface area contributed by atoms with Gasteiger partial charge in [-0.1, -0.05) is 6.42 Å². The van der Waals surface area contributed by atoms with E-state index < -0.39 is 5.97 Å². The van der Waals surface area contributed by atoms with Crippen molar-refractivity contribution in [2.75, 3.05) is 26.2 Å². The van der Waals surface area contributed by atoms with E-state index in [1.54, 1.807) is 0 Å². The molecule has 2 fully saturated rings. The van der Waals surface area contributed by atoms with Crippen molar-refractivity contribution in [2.45, 2.75) is 44.6 Å². The molecule has 0 spiro atoms. The van der Waals surface area contributed by atoms with Crippen LogP contribution in [0.5, 0.6) is 0 Å². The Balaban J connectivity index is 1.82. The molecule has 2 saturated heterocycles. The van der Waals surface area contributed by atoms with Gasteiger partial charge >= 0.3 is 5.97 Å². The van der Waals surface area contributed by atoms with Gasteiger partial charge in [-0.3, -0.25) is 14.5 Å². The number of hydrogen-bond donors (Lipinski definition) is 1. The van der Waals surface area contributed by atoms with E-state index >= 15 is 0 Å². The lowest BCUT2D eigenvalue weighted by atomic mass is 9.98. The molecule has 0 radical (unpaired) electrons. The number of hydrogen-bond acceptors (Lipinski definition) is 3. The van der Waals surface area contributed by atoms with Crippen molar-refractivity contribution in [1.82, 2.24) is 9.80 Å². The highest BCUT2D eigenvalue weighted by molar-refractivity contribution is 5.79. The summed E-state index contributed by atoms with van der Waals surface area (Å²) in [4.78, 5) is 26.7. The molecule has 1 unspecified atom stereocenters. The smallest absolute Gasteiger partial charge is 0.303 e. The molecule has 0 saturated carbocycles. The van der Waals surface area contributed by atoms with Gasteiger partial charge in [0.05, 0.1) is 6.54 Å². The lowest BCUT2D eigenvalue weighted by Crippen LogP contribution is -2.50. The molecule has 2 heterocycles. The van der Waals surface area contributed by atoms with Crippen molar-refractivity contribution < 1.29 is 14.7 Å². The Morgan fingerprint density at radius 2 is 1.89 bits per heavy atom. The Hall–Kier alpha value is -1.10. The molecule has 1 atom stereocenters. The van der Waals surface area contributed by atoms with Crippen LogP contribution in [-0.4, -0.2) is 59.0 Å². The van der Waals surface area contributed by atoms with Crippen LogP contribution in [-0.2, 0) is 9.59 Å². The maximum Gasteiger partial charge on any atom is 0.303 e. The first-order valence-electron chi connectivity index (χ1n) is 6.90. The summed E-state index contributed by atoms with van der Waals surface area (Å²) in [6.07, 6.45) is 5.30. The third kappa shape index (κ3) is 3.45. The van der Waals surface area contributed by atoms with Gasteiger partial charge in [0.15, 0.2) is 0 Å². The number of amides is 1. The number of piperidine rings is 1. The first-order chi connectivity index (χ1) is 8.66. The lowest BCUT2D eigenvalue weighted by Gasteiger charge is -2.38. The Bertz CT molecular complexity index is 315. The fraction of sp³-hybridized carbons (Fsp3) is 0.846. The molecule has 1 amide bonds. The quantitative estimate of drug-likeness (QED) is 0.793. The molecule has 2 aliphatic heterocycles. The third-order valence-electron chi connectivity index (χ3n) is 3.99. The number of rotatable bonds is 5. The van der Waals surface area contributed by atoms with Gasteiger partial charge in [0, 0.05) is 25.6 Å². The van der Waals surface area contributed by atoms with Crippen LogP contribution in [0.15, 0.2) is 0 Å². The largest absolute Gasteiger partial charge is 0.481 e. The average Bonchev–Trinajstić information content (AvgIpc) is 2.25. The molecule has 5 nitrogen and oxygen atoms in total. The first-order valence-corrected chi connectivity index (χ1v) is 6.90. The molecule has 0 bridgehead atoms. The molecule has 18 heavy (non-hydrogen) atoms. The van der Waals surface area contributed by atoms with Gasteiger partial charge in [0.2, 0.25) is 5.91 Å². The molecule has 0 aliphatic carbocycles. The van der Waals surface area contributed by atoms with Crippen molar-refractivity contribution in [2.24, 2.45) is 0 Å². The molecule has 0 aromatic heterocycles. The molecule has 102 valence electrons. The zero-order valence-corrected chi connectivity index (χ0v) is 10.8. The zero-order valence-electron chi connectivity index (χ0n) is 10.8. The van der Waals surface area contributed by atoms with Crippen molar-refractivity contribution >= 4 is 11.9 Å². The molecule has 2 rings (SSSR count). The molecular weight excluding hydrogens is 232 g/mol. The maximum absolute atomic E-state index is 11.9. The van der Waals surface area contributed by atoms with Crippen LogP contribution in [0.1, 0.15) is 38.5 Å². The number of carboxylic acids is 1. The second-order valence-corrected chi connectivity index (χ2v) is 5.29. The van der Waals surface area contributed by atoms with E-state index in [0.29, 0.717) is 13.0 Å². The molecular formula is C13H22N2O3. The van der Waals surface area contributed by atoms with Crippen molar-refractivity contribution in [1.29, 1.82) is 0 Å². The lowest BCUT2D eigenvalue weighted by molar-refractivity contribution is -0.137. The Morgan fingerprint density at radius 1 is 1.11 bits per heavy atom. The first kappa shape index (κ1) is 13.3. The zero-order chi connectivity index (χ0) is 13.0. The fourth-order valence-electron chi connectivity index (χ4n) is 2.72. The Morgan fingerprint density at radius 3 is 2.50 bits per heavy atom. The van der Waals surface area contributed by atoms with Gasteiger partial charge in [-0.15, -0.1) is 0 Å². The topological polar surface area (TPSA) is 60.9 Å². The Labute approximate surface area is 108 Å². The summed E-state index contributed by atoms with van der Waals surface area (Å²) in [6, 6.07) is 0.278. The summed E-state index contributed by atoms with van der Waals surface area (Å²) in [5.41, 5.74) is 0. The number of carbonyl (C=O) groups excluding carboxylic acids is 1. The predicted molar refractivity (Wildman–Crippen MR) is 67.3 cm³/mol. The highest BCUT2D eigenvalue weighted by Gasteiger charge is 2.28. The summed E-state index contributed by atoms with van der Waals surface area (Å²) >= 11 is 0. The van der Waals surface area contributed by atoms with Gasteiger partial charge in [-0.25, -0.2) is 0 Å². The fourth-order valence-corrected chi connectivity index (χ4v) is 2.72. The summed E-state index contributed by atoms with van der Waals surface area (Å²) in [5, 5.41) is 8.75. The van der Waals surface area contributed by atoms with Crippen LogP contribution >= 0.6 is 0 Å². The van der Waals surface area contributed by atoms with Crippen molar-refractivity contribution in [3.05, 3.63) is 0 Å². The van der Waals surface area contributed by atoms with Crippen LogP contribution in [0.4, 0.5) is 0 Å². The average molecular weight is 254 g/mol. The number of likely N-dealkylation sites (tertiary alicyclic amines) is 2. The van der Waals surface area contributed by atoms with Crippen molar-refractivity contribution in [3.8, 4) is 0 Å². The highest BCUT2D eigenvalue weighted by atomic mass is 16.4. The van der Waals surface area contributed by atoms with E-state index in [2.05, 4.69) is 4.90 Å². The monoisotopic (exact) mass is 254 g/mol. The van der Waals surface area contributed by atoms with Gasteiger partial charge in [-0.2, -0.15) is 0 Å². The van der Waals surface area contributed by atoms with E-state index in [1.807, 2.05) is 4.90 Å². The summed E-state index contributed by atoms with van der Waals surface area (Å²) in [7, 11) is 0. The van der Waals surface area contributed by atoms with Crippen LogP contribution in [0, 0.1) is 0 Å². The second-order valence-electron chi connectivity index (χ2n) is 5.29. The number of aliphatic carboxylic acids is 1. The minimum Gasteiger partial charge on any atom is -0.481 e. The SMILES string of the molecule is O=C(O)CCC1CCCCN1CC(=O)N1CCC1. The van der Waals surface area contributed by atoms with E-state index in [9.17, 15) is 9.59 Å². The predicted octanol–water partition coefficient (Wildman–Crippen LogP) is 0.938. The van der Waals surface area contributed by atoms with E-state index in [1.165, 1.54) is 0 Å². The van der Waals surface area contributed by atoms with E-state index in [-0.39, 0.29) is 18.4 Å². The normalized spacial score (nSPS) is 24.7. The van der Waals surface area contributed by atoms with Crippen LogP contribution in [0.25, 0.3) is 0 Å². The third-order valence-corrected chi connectivity index (χ3v) is 3.99. The number of carbonyl (C=O) groups is 2. The van der Waals surface area contributed by atoms with Gasteiger partial charge < -0.3 is 10.0 Å². The molecule has 0 aromatic rings. The number of nitrogens with zero attached hydrogens (tertiary/aromatic N) is 2. The van der Waals surface area contributed by atoms with Crippen molar-refractivity contribution in [3.63, 3.8) is 0 Å². The van der Waals surface area contributed by atoms with Crippen LogP contribution in [0.3, 0.4) is 0 Å². The Kier molecular flexibility index (Phi) is 4.58. The summed E-state index contributed by atoms with van der Waals surface area (Å²) < 4.78 is 0. The van der Waals surface area contributed by atoms with E-state index in [0.717, 1.165) is 45.3 Å². The van der Waals surface area contributed by atoms with Crippen LogP contribution in [0.2, 0.25) is 0 Å². The van der Waals surface area contributed by atoms with Crippen LogP contribution < -0.4 is 0 Å². The van der Waals surface area contributed by atoms with Gasteiger partial charge in [-0.05, 0) is 32.2 Å². The minimum atomic E-state index is -0.741. The summed E-state index contributed by atoms with van der Waals surface area (Å²) in [5.74, 6) is -0.530. The maximum atomic E-state index is 11.9. The molecule has 5 heteroatoms. The van der Waals surface area contributed by atoms with E-state index in [4.69, 9.17) is 5.11 Å². The molecule has 2 aliphatic rings. The van der Waals surface area contributed by atoms with Gasteiger partial charge in [0.25, 0.3) is 0 Å². The second kappa shape index (κ2) is 6.18.